The van der Waals surface area contributed by atoms with Crippen LogP contribution in [-0.4, -0.2) is 19.1 Å². The summed E-state index contributed by atoms with van der Waals surface area (Å²) >= 11 is 0.417. The Morgan fingerprint density at radius 3 is 2.74 bits per heavy atom. The van der Waals surface area contributed by atoms with E-state index in [4.69, 9.17) is 0 Å². The summed E-state index contributed by atoms with van der Waals surface area (Å²) in [4.78, 5) is 2.27. The second-order valence-corrected chi connectivity index (χ2v) is 6.13. The van der Waals surface area contributed by atoms with Crippen molar-refractivity contribution in [3.63, 3.8) is 0 Å². The first-order valence-corrected chi connectivity index (χ1v) is 7.62. The number of aromatic nitrogens is 2. The average Bonchev–Trinajstić information content (AvgIpc) is 2.96. The summed E-state index contributed by atoms with van der Waals surface area (Å²) in [6.07, 6.45) is 5.26. The van der Waals surface area contributed by atoms with Crippen molar-refractivity contribution in [2.45, 2.75) is 6.92 Å². The molecule has 0 spiro atoms. The molecule has 1 radical (unpaired) electrons. The summed E-state index contributed by atoms with van der Waals surface area (Å²) in [5.74, 6) is 1.21. The van der Waals surface area contributed by atoms with E-state index in [9.17, 15) is 0 Å². The smallest absolute Gasteiger partial charge is 0 e. The number of nitrogens with zero attached hydrogens (tertiary/aromatic N) is 2. The van der Waals surface area contributed by atoms with E-state index in [1.54, 1.807) is 0 Å². The zero-order valence-corrected chi connectivity index (χ0v) is 15.5. The van der Waals surface area contributed by atoms with Crippen LogP contribution in [-0.2, 0) is 39.8 Å². The SMILES string of the molecule is Cc1cc[se]c1-c1n(C)c[c-][n+]1-c1[c-]cccc1.[Y]. The largest absolute Gasteiger partial charge is 0 e. The minimum Gasteiger partial charge on any atom is 0 e. The predicted molar refractivity (Wildman–Crippen MR) is 71.7 cm³/mol. The minimum atomic E-state index is 0. The Balaban J connectivity index is 0.00000133. The van der Waals surface area contributed by atoms with Crippen LogP contribution in [0.3, 0.4) is 0 Å². The Morgan fingerprint density at radius 1 is 1.26 bits per heavy atom. The molecule has 0 aliphatic carbocycles. The molecule has 1 aromatic carbocycles. The number of hydrogen-bond acceptors (Lipinski definition) is 0. The Kier molecular flexibility index (Phi) is 4.97. The van der Waals surface area contributed by atoms with Crippen LogP contribution in [0, 0.1) is 19.2 Å². The van der Waals surface area contributed by atoms with Crippen LogP contribution in [0.1, 0.15) is 5.56 Å². The molecule has 0 fully saturated rings. The summed E-state index contributed by atoms with van der Waals surface area (Å²) < 4.78 is 5.64. The first kappa shape index (κ1) is 14.9. The first-order chi connectivity index (χ1) is 8.77. The van der Waals surface area contributed by atoms with Crippen molar-refractivity contribution in [2.75, 3.05) is 0 Å². The number of para-hydroxylation sites is 1. The topological polar surface area (TPSA) is 8.81 Å². The van der Waals surface area contributed by atoms with Gasteiger partial charge in [-0.3, -0.25) is 0 Å². The molecule has 4 heteroatoms. The van der Waals surface area contributed by atoms with Crippen molar-refractivity contribution >= 4 is 14.5 Å². The minimum absolute atomic E-state index is 0. The summed E-state index contributed by atoms with van der Waals surface area (Å²) in [6.45, 7) is 2.17. The van der Waals surface area contributed by atoms with Crippen molar-refractivity contribution in [3.05, 3.63) is 59.3 Å². The monoisotopic (exact) mass is 390 g/mol. The van der Waals surface area contributed by atoms with Gasteiger partial charge < -0.3 is 0 Å². The summed E-state index contributed by atoms with van der Waals surface area (Å²) in [7, 11) is 2.07. The fourth-order valence-corrected chi connectivity index (χ4v) is 4.10. The summed E-state index contributed by atoms with van der Waals surface area (Å²) in [5.41, 5.74) is 2.39. The van der Waals surface area contributed by atoms with Gasteiger partial charge in [0.1, 0.15) is 0 Å². The number of rotatable bonds is 2. The second-order valence-electron chi connectivity index (χ2n) is 4.21. The molecule has 0 saturated carbocycles. The normalized spacial score (nSPS) is 10.2. The molecule has 0 aliphatic rings. The second kappa shape index (κ2) is 6.32. The molecule has 3 aromatic rings. The molecule has 0 aliphatic heterocycles. The molecule has 2 heterocycles. The van der Waals surface area contributed by atoms with Gasteiger partial charge in [-0.1, -0.05) is 0 Å². The fourth-order valence-electron chi connectivity index (χ4n) is 1.99. The molecule has 93 valence electrons. The predicted octanol–water partition coefficient (Wildman–Crippen LogP) is 1.93. The number of benzene rings is 1. The van der Waals surface area contributed by atoms with Crippen LogP contribution in [0.25, 0.3) is 15.9 Å². The van der Waals surface area contributed by atoms with E-state index < -0.39 is 0 Å². The maximum atomic E-state index is 3.28. The zero-order chi connectivity index (χ0) is 12.5. The van der Waals surface area contributed by atoms with E-state index in [0.717, 1.165) is 5.69 Å². The number of hydrogen-bond donors (Lipinski definition) is 0. The van der Waals surface area contributed by atoms with Crippen molar-refractivity contribution in [2.24, 2.45) is 7.05 Å². The molecular weight excluding hydrogens is 376 g/mol. The molecule has 0 unspecified atom stereocenters. The Labute approximate surface area is 144 Å². The Morgan fingerprint density at radius 2 is 2.11 bits per heavy atom. The standard InChI is InChI=1S/C15H13N2Se.Y/c1-12-8-11-18-14(12)15-16(2)9-10-17(15)13-6-4-3-5-7-13;/h3-6,8-9,11H,1-2H3;/q-1;. The maximum Gasteiger partial charge on any atom is 0 e. The van der Waals surface area contributed by atoms with E-state index in [2.05, 4.69) is 52.4 Å². The van der Waals surface area contributed by atoms with Gasteiger partial charge in [-0.05, 0) is 0 Å². The molecule has 0 atom stereocenters. The van der Waals surface area contributed by atoms with Crippen molar-refractivity contribution in [1.82, 2.24) is 4.57 Å². The van der Waals surface area contributed by atoms with E-state index in [0.29, 0.717) is 14.5 Å². The van der Waals surface area contributed by atoms with Crippen LogP contribution in [0.2, 0.25) is 0 Å². The molecule has 0 N–H and O–H groups in total. The Hall–Kier alpha value is -0.467. The molecule has 0 bridgehead atoms. The molecule has 2 nitrogen and oxygen atoms in total. The van der Waals surface area contributed by atoms with E-state index >= 15 is 0 Å². The van der Waals surface area contributed by atoms with Gasteiger partial charge in [0.2, 0.25) is 0 Å². The third-order valence-corrected chi connectivity index (χ3v) is 5.05. The van der Waals surface area contributed by atoms with Crippen molar-refractivity contribution in [1.29, 1.82) is 0 Å². The maximum absolute atomic E-state index is 3.28. The van der Waals surface area contributed by atoms with Gasteiger partial charge in [0.15, 0.2) is 0 Å². The van der Waals surface area contributed by atoms with Crippen LogP contribution in [0.4, 0.5) is 0 Å². The van der Waals surface area contributed by atoms with E-state index in [1.807, 2.05) is 24.4 Å². The molecule has 0 saturated heterocycles. The summed E-state index contributed by atoms with van der Waals surface area (Å²) in [6, 6.07) is 13.5. The van der Waals surface area contributed by atoms with Gasteiger partial charge in [-0.15, -0.1) is 0 Å². The van der Waals surface area contributed by atoms with Gasteiger partial charge in [0.25, 0.3) is 0 Å². The van der Waals surface area contributed by atoms with Gasteiger partial charge in [0.05, 0.1) is 0 Å². The fraction of sp³-hybridized carbons (Fsp3) is 0.133. The van der Waals surface area contributed by atoms with Gasteiger partial charge in [-0.25, -0.2) is 0 Å². The number of imidazole rings is 1. The van der Waals surface area contributed by atoms with Crippen LogP contribution in [0.5, 0.6) is 0 Å². The third kappa shape index (κ3) is 2.85. The van der Waals surface area contributed by atoms with Gasteiger partial charge in [-0.2, -0.15) is 0 Å². The molecule has 2 aromatic heterocycles. The van der Waals surface area contributed by atoms with E-state index in [1.165, 1.54) is 15.8 Å². The Bertz CT molecular complexity index is 671. The zero-order valence-electron chi connectivity index (χ0n) is 10.9. The first-order valence-electron chi connectivity index (χ1n) is 5.78. The van der Waals surface area contributed by atoms with Crippen LogP contribution in [0.15, 0.2) is 41.5 Å². The molecule has 19 heavy (non-hydrogen) atoms. The quantitative estimate of drug-likeness (QED) is 0.360. The average molecular weight is 389 g/mol. The third-order valence-electron chi connectivity index (χ3n) is 2.93. The van der Waals surface area contributed by atoms with E-state index in [-0.39, 0.29) is 32.7 Å². The summed E-state index contributed by atoms with van der Waals surface area (Å²) in [5, 5.41) is 0. The van der Waals surface area contributed by atoms with Crippen molar-refractivity contribution in [3.8, 4) is 15.9 Å². The number of aryl methyl sites for hydroxylation is 2. The molecule has 0 amide bonds. The molecule has 3 rings (SSSR count). The van der Waals surface area contributed by atoms with Crippen molar-refractivity contribution < 1.29 is 37.3 Å². The van der Waals surface area contributed by atoms with Gasteiger partial charge >= 0.3 is 113 Å². The van der Waals surface area contributed by atoms with Crippen LogP contribution < -0.4 is 4.57 Å². The van der Waals surface area contributed by atoms with Gasteiger partial charge in [0, 0.05) is 32.7 Å². The van der Waals surface area contributed by atoms with Crippen LogP contribution >= 0.6 is 0 Å². The molecular formula is C15H13N2SeY-.